The number of rotatable bonds is 3. The average Bonchev–Trinajstić information content (AvgIpc) is 2.89. The minimum absolute atomic E-state index is 0.0245. The Hall–Kier alpha value is -2.26. The molecule has 0 amide bonds. The van der Waals surface area contributed by atoms with Gasteiger partial charge in [-0.1, -0.05) is 30.0 Å². The molecule has 0 radical (unpaired) electrons. The molecule has 1 N–H and O–H groups in total. The monoisotopic (exact) mass is 294 g/mol. The molecule has 0 unspecified atom stereocenters. The molecule has 0 spiro atoms. The summed E-state index contributed by atoms with van der Waals surface area (Å²) in [7, 11) is 0. The molecule has 6 heteroatoms. The van der Waals surface area contributed by atoms with Gasteiger partial charge in [0.1, 0.15) is 0 Å². The lowest BCUT2D eigenvalue weighted by Crippen LogP contribution is -2.04. The highest BCUT2D eigenvalue weighted by atomic mass is 19.4. The Balaban J connectivity index is 2.20. The van der Waals surface area contributed by atoms with E-state index in [0.717, 1.165) is 23.5 Å². The molecular weight excluding hydrogens is 281 g/mol. The lowest BCUT2D eigenvalue weighted by molar-refractivity contribution is -0.137. The van der Waals surface area contributed by atoms with Crippen LogP contribution in [0.3, 0.4) is 0 Å². The van der Waals surface area contributed by atoms with Crippen LogP contribution >= 0.6 is 0 Å². The zero-order chi connectivity index (χ0) is 15.3. The maximum Gasteiger partial charge on any atom is 0.419 e. The van der Waals surface area contributed by atoms with E-state index < -0.39 is 11.7 Å². The van der Waals surface area contributed by atoms with Gasteiger partial charge in [0.2, 0.25) is 0 Å². The number of hydrogen-bond donors (Lipinski definition) is 1. The smallest absolute Gasteiger partial charge is 0.395 e. The molecule has 2 rings (SSSR count). The van der Waals surface area contributed by atoms with E-state index in [1.165, 1.54) is 4.68 Å². The predicted molar refractivity (Wildman–Crippen MR) is 71.4 cm³/mol. The number of nitrogens with zero attached hydrogens (tertiary/aromatic N) is 2. The van der Waals surface area contributed by atoms with Crippen LogP contribution in [0.5, 0.6) is 0 Å². The number of hydrogen-bond acceptors (Lipinski definition) is 2. The van der Waals surface area contributed by atoms with Crippen LogP contribution < -0.4 is 0 Å². The van der Waals surface area contributed by atoms with E-state index in [0.29, 0.717) is 6.42 Å². The summed E-state index contributed by atoms with van der Waals surface area (Å²) >= 11 is 0. The fourth-order valence-electron chi connectivity index (χ4n) is 1.76. The third kappa shape index (κ3) is 4.10. The van der Waals surface area contributed by atoms with Crippen molar-refractivity contribution in [2.24, 2.45) is 0 Å². The van der Waals surface area contributed by atoms with Crippen LogP contribution in [-0.2, 0) is 12.7 Å². The first-order valence-electron chi connectivity index (χ1n) is 6.28. The van der Waals surface area contributed by atoms with Crippen molar-refractivity contribution in [1.29, 1.82) is 0 Å². The number of alkyl halides is 3. The fraction of sp³-hybridized carbons (Fsp3) is 0.267. The highest BCUT2D eigenvalue weighted by Gasteiger charge is 2.32. The van der Waals surface area contributed by atoms with Gasteiger partial charge in [-0.25, -0.2) is 0 Å². The molecule has 0 aliphatic rings. The SMILES string of the molecule is OCCC#Cc1ccccc1Cn1cc(C(F)(F)F)cn1. The maximum atomic E-state index is 12.5. The standard InChI is InChI=1S/C15H13F3N2O/c16-15(17,18)14-9-19-20(11-14)10-13-7-2-1-5-12(13)6-3-4-8-21/h1-2,5,7,9,11,21H,4,8,10H2. The normalized spacial score (nSPS) is 11.0. The van der Waals surface area contributed by atoms with Gasteiger partial charge in [-0.3, -0.25) is 4.68 Å². The van der Waals surface area contributed by atoms with E-state index in [2.05, 4.69) is 16.9 Å². The number of aliphatic hydroxyl groups excluding tert-OH is 1. The molecule has 3 nitrogen and oxygen atoms in total. The van der Waals surface area contributed by atoms with Crippen LogP contribution in [0.2, 0.25) is 0 Å². The van der Waals surface area contributed by atoms with Gasteiger partial charge in [-0.2, -0.15) is 18.3 Å². The van der Waals surface area contributed by atoms with Gasteiger partial charge in [0.05, 0.1) is 24.9 Å². The number of aromatic nitrogens is 2. The Morgan fingerprint density at radius 2 is 2.00 bits per heavy atom. The van der Waals surface area contributed by atoms with Crippen molar-refractivity contribution in [3.05, 3.63) is 53.3 Å². The van der Waals surface area contributed by atoms with E-state index in [9.17, 15) is 13.2 Å². The molecular formula is C15H13F3N2O. The minimum Gasteiger partial charge on any atom is -0.395 e. The van der Waals surface area contributed by atoms with Crippen molar-refractivity contribution >= 4 is 0 Å². The van der Waals surface area contributed by atoms with Crippen LogP contribution in [0.25, 0.3) is 0 Å². The van der Waals surface area contributed by atoms with Gasteiger partial charge in [0.15, 0.2) is 0 Å². The quantitative estimate of drug-likeness (QED) is 0.884. The molecule has 0 saturated heterocycles. The Bertz CT molecular complexity index is 665. The molecule has 1 heterocycles. The topological polar surface area (TPSA) is 38.0 Å². The van der Waals surface area contributed by atoms with Crippen LogP contribution in [-0.4, -0.2) is 21.5 Å². The summed E-state index contributed by atoms with van der Waals surface area (Å²) in [6, 6.07) is 7.17. The van der Waals surface area contributed by atoms with Gasteiger partial charge in [-0.05, 0) is 11.6 Å². The summed E-state index contributed by atoms with van der Waals surface area (Å²) in [4.78, 5) is 0. The zero-order valence-corrected chi connectivity index (χ0v) is 11.1. The fourth-order valence-corrected chi connectivity index (χ4v) is 1.76. The minimum atomic E-state index is -4.39. The van der Waals surface area contributed by atoms with Crippen LogP contribution in [0, 0.1) is 11.8 Å². The summed E-state index contributed by atoms with van der Waals surface area (Å²) in [5.41, 5.74) is 0.723. The zero-order valence-electron chi connectivity index (χ0n) is 11.1. The van der Waals surface area contributed by atoms with E-state index in [1.54, 1.807) is 24.3 Å². The first kappa shape index (κ1) is 15.1. The molecule has 2 aromatic rings. The van der Waals surface area contributed by atoms with Gasteiger partial charge >= 0.3 is 6.18 Å². The third-order valence-electron chi connectivity index (χ3n) is 2.77. The van der Waals surface area contributed by atoms with Crippen molar-refractivity contribution in [2.45, 2.75) is 19.1 Å². The molecule has 0 bridgehead atoms. The number of benzene rings is 1. The molecule has 1 aromatic carbocycles. The first-order valence-corrected chi connectivity index (χ1v) is 6.28. The van der Waals surface area contributed by atoms with Crippen molar-refractivity contribution < 1.29 is 18.3 Å². The maximum absolute atomic E-state index is 12.5. The average molecular weight is 294 g/mol. The molecule has 21 heavy (non-hydrogen) atoms. The lowest BCUT2D eigenvalue weighted by Gasteiger charge is -2.05. The summed E-state index contributed by atoms with van der Waals surface area (Å²) in [5.74, 6) is 5.70. The number of halogens is 3. The second-order valence-corrected chi connectivity index (χ2v) is 4.36. The van der Waals surface area contributed by atoms with Crippen LogP contribution in [0.4, 0.5) is 13.2 Å². The summed E-state index contributed by atoms with van der Waals surface area (Å²) in [5, 5.41) is 12.4. The Labute approximate surface area is 120 Å². The van der Waals surface area contributed by atoms with Crippen molar-refractivity contribution in [1.82, 2.24) is 9.78 Å². The van der Waals surface area contributed by atoms with E-state index in [1.807, 2.05) is 0 Å². The molecule has 0 aliphatic carbocycles. The van der Waals surface area contributed by atoms with Gasteiger partial charge in [0.25, 0.3) is 0 Å². The third-order valence-corrected chi connectivity index (χ3v) is 2.77. The number of aliphatic hydroxyl groups is 1. The van der Waals surface area contributed by atoms with E-state index in [-0.39, 0.29) is 13.2 Å². The molecule has 110 valence electrons. The Kier molecular flexibility index (Phi) is 4.66. The summed E-state index contributed by atoms with van der Waals surface area (Å²) in [6.45, 7) is 0.184. The Morgan fingerprint density at radius 3 is 2.67 bits per heavy atom. The second-order valence-electron chi connectivity index (χ2n) is 4.36. The molecule has 1 aromatic heterocycles. The first-order chi connectivity index (χ1) is 10.0. The highest BCUT2D eigenvalue weighted by Crippen LogP contribution is 2.28. The van der Waals surface area contributed by atoms with Gasteiger partial charge < -0.3 is 5.11 Å². The van der Waals surface area contributed by atoms with Crippen molar-refractivity contribution in [2.75, 3.05) is 6.61 Å². The molecule has 0 saturated carbocycles. The molecule has 0 atom stereocenters. The summed E-state index contributed by atoms with van der Waals surface area (Å²) < 4.78 is 38.8. The van der Waals surface area contributed by atoms with Gasteiger partial charge in [-0.15, -0.1) is 0 Å². The molecule has 0 aliphatic heterocycles. The van der Waals surface area contributed by atoms with E-state index in [4.69, 9.17) is 5.11 Å². The Morgan fingerprint density at radius 1 is 1.24 bits per heavy atom. The van der Waals surface area contributed by atoms with Crippen molar-refractivity contribution in [3.63, 3.8) is 0 Å². The second kappa shape index (κ2) is 6.46. The molecule has 0 fully saturated rings. The van der Waals surface area contributed by atoms with Crippen LogP contribution in [0.15, 0.2) is 36.7 Å². The van der Waals surface area contributed by atoms with Crippen molar-refractivity contribution in [3.8, 4) is 11.8 Å². The lowest BCUT2D eigenvalue weighted by atomic mass is 10.1. The highest BCUT2D eigenvalue weighted by molar-refractivity contribution is 5.41. The van der Waals surface area contributed by atoms with Crippen LogP contribution in [0.1, 0.15) is 23.1 Å². The largest absolute Gasteiger partial charge is 0.419 e. The predicted octanol–water partition coefficient (Wildman–Crippen LogP) is 2.68. The summed E-state index contributed by atoms with van der Waals surface area (Å²) in [6.07, 6.45) is -2.26. The van der Waals surface area contributed by atoms with Gasteiger partial charge in [0, 0.05) is 18.2 Å². The van der Waals surface area contributed by atoms with E-state index >= 15 is 0 Å².